The molecule has 0 bridgehead atoms. The van der Waals surface area contributed by atoms with E-state index in [1.807, 2.05) is 17.9 Å². The number of benzene rings is 1. The van der Waals surface area contributed by atoms with Crippen LogP contribution in [0.25, 0.3) is 0 Å². The second-order valence-corrected chi connectivity index (χ2v) is 6.43. The monoisotopic (exact) mass is 285 g/mol. The van der Waals surface area contributed by atoms with Crippen LogP contribution in [0.5, 0.6) is 5.75 Å². The number of ether oxygens (including phenoxy) is 1. The summed E-state index contributed by atoms with van der Waals surface area (Å²) in [7, 11) is 1.95. The summed E-state index contributed by atoms with van der Waals surface area (Å²) in [5, 5.41) is 7.67. The molecule has 4 nitrogen and oxygen atoms in total. The minimum atomic E-state index is -0.0608. The van der Waals surface area contributed by atoms with E-state index in [0.717, 1.165) is 31.7 Å². The highest BCUT2D eigenvalue weighted by Crippen LogP contribution is 2.35. The second kappa shape index (κ2) is 5.53. The molecule has 112 valence electrons. The van der Waals surface area contributed by atoms with Crippen LogP contribution in [-0.2, 0) is 26.4 Å². The van der Waals surface area contributed by atoms with Gasteiger partial charge in [-0.3, -0.25) is 4.68 Å². The van der Waals surface area contributed by atoms with E-state index in [2.05, 4.69) is 48.7 Å². The Morgan fingerprint density at radius 2 is 2.19 bits per heavy atom. The fourth-order valence-corrected chi connectivity index (χ4v) is 2.84. The topological polar surface area (TPSA) is 39.1 Å². The Kier molecular flexibility index (Phi) is 3.72. The molecular weight excluding hydrogens is 262 g/mol. The highest BCUT2D eigenvalue weighted by Gasteiger charge is 2.29. The molecular formula is C17H23N3O. The number of hydrogen-bond acceptors (Lipinski definition) is 3. The Labute approximate surface area is 126 Å². The number of aromatic nitrogens is 2. The van der Waals surface area contributed by atoms with Crippen LogP contribution in [0.4, 0.5) is 0 Å². The smallest absolute Gasteiger partial charge is 0.123 e. The SMILES string of the molecule is Cn1cc(CCNCc2ccc3c(c2)CC(C)(C)O3)cn1. The van der Waals surface area contributed by atoms with Crippen molar-refractivity contribution in [2.24, 2.45) is 7.05 Å². The number of nitrogens with one attached hydrogen (secondary N) is 1. The fourth-order valence-electron chi connectivity index (χ4n) is 2.84. The number of rotatable bonds is 5. The van der Waals surface area contributed by atoms with Crippen molar-refractivity contribution in [1.82, 2.24) is 15.1 Å². The number of fused-ring (bicyclic) bond motifs is 1. The molecule has 0 saturated carbocycles. The molecule has 0 fully saturated rings. The minimum absolute atomic E-state index is 0.0608. The van der Waals surface area contributed by atoms with Gasteiger partial charge in [-0.2, -0.15) is 5.10 Å². The van der Waals surface area contributed by atoms with Gasteiger partial charge < -0.3 is 10.1 Å². The average molecular weight is 285 g/mol. The highest BCUT2D eigenvalue weighted by molar-refractivity contribution is 5.41. The number of hydrogen-bond donors (Lipinski definition) is 1. The fraction of sp³-hybridized carbons (Fsp3) is 0.471. The molecule has 1 aliphatic rings. The third kappa shape index (κ3) is 3.45. The van der Waals surface area contributed by atoms with Gasteiger partial charge in [-0.1, -0.05) is 12.1 Å². The van der Waals surface area contributed by atoms with Crippen LogP contribution in [0.15, 0.2) is 30.6 Å². The van der Waals surface area contributed by atoms with Gasteiger partial charge in [0.2, 0.25) is 0 Å². The lowest BCUT2D eigenvalue weighted by atomic mass is 10.0. The molecule has 3 rings (SSSR count). The Hall–Kier alpha value is -1.81. The third-order valence-electron chi connectivity index (χ3n) is 3.81. The summed E-state index contributed by atoms with van der Waals surface area (Å²) in [5.41, 5.74) is 3.86. The van der Waals surface area contributed by atoms with E-state index in [1.54, 1.807) is 0 Å². The minimum Gasteiger partial charge on any atom is -0.487 e. The molecule has 0 unspecified atom stereocenters. The summed E-state index contributed by atoms with van der Waals surface area (Å²) in [6.45, 7) is 6.14. The molecule has 0 atom stereocenters. The van der Waals surface area contributed by atoms with Gasteiger partial charge in [0.15, 0.2) is 0 Å². The standard InChI is InChI=1S/C17H23N3O/c1-17(2)9-15-8-13(4-5-16(15)21-17)10-18-7-6-14-11-19-20(3)12-14/h4-5,8,11-12,18H,6-7,9-10H2,1-3H3. The van der Waals surface area contributed by atoms with Gasteiger partial charge in [-0.05, 0) is 49.6 Å². The van der Waals surface area contributed by atoms with E-state index in [4.69, 9.17) is 4.74 Å². The maximum absolute atomic E-state index is 5.91. The van der Waals surface area contributed by atoms with Crippen LogP contribution in [0.3, 0.4) is 0 Å². The first-order chi connectivity index (χ1) is 10.0. The summed E-state index contributed by atoms with van der Waals surface area (Å²) in [6, 6.07) is 6.51. The quantitative estimate of drug-likeness (QED) is 0.858. The van der Waals surface area contributed by atoms with E-state index in [1.165, 1.54) is 16.7 Å². The van der Waals surface area contributed by atoms with E-state index in [9.17, 15) is 0 Å². The van der Waals surface area contributed by atoms with Crippen molar-refractivity contribution in [2.75, 3.05) is 6.54 Å². The van der Waals surface area contributed by atoms with Gasteiger partial charge in [0.1, 0.15) is 11.4 Å². The molecule has 1 aliphatic heterocycles. The van der Waals surface area contributed by atoms with E-state index >= 15 is 0 Å². The molecule has 21 heavy (non-hydrogen) atoms. The van der Waals surface area contributed by atoms with Crippen LogP contribution in [0.2, 0.25) is 0 Å². The van der Waals surface area contributed by atoms with Crippen molar-refractivity contribution >= 4 is 0 Å². The molecule has 0 radical (unpaired) electrons. The van der Waals surface area contributed by atoms with Crippen molar-refractivity contribution in [3.8, 4) is 5.75 Å². The van der Waals surface area contributed by atoms with Crippen molar-refractivity contribution in [3.05, 3.63) is 47.3 Å². The lowest BCUT2D eigenvalue weighted by Crippen LogP contribution is -2.24. The second-order valence-electron chi connectivity index (χ2n) is 6.43. The molecule has 1 N–H and O–H groups in total. The molecule has 0 saturated heterocycles. The first-order valence-corrected chi connectivity index (χ1v) is 7.51. The predicted molar refractivity (Wildman–Crippen MR) is 83.5 cm³/mol. The number of aryl methyl sites for hydroxylation is 1. The molecule has 1 aromatic carbocycles. The van der Waals surface area contributed by atoms with Crippen LogP contribution in [0, 0.1) is 0 Å². The summed E-state index contributed by atoms with van der Waals surface area (Å²) in [5.74, 6) is 1.04. The summed E-state index contributed by atoms with van der Waals surface area (Å²) < 4.78 is 7.75. The van der Waals surface area contributed by atoms with Gasteiger partial charge in [0.05, 0.1) is 6.20 Å². The normalized spacial score (nSPS) is 15.8. The molecule has 2 aromatic rings. The summed E-state index contributed by atoms with van der Waals surface area (Å²) in [6.07, 6.45) is 5.99. The zero-order chi connectivity index (χ0) is 14.9. The van der Waals surface area contributed by atoms with Crippen molar-refractivity contribution < 1.29 is 4.74 Å². The molecule has 0 amide bonds. The van der Waals surface area contributed by atoms with E-state index in [0.29, 0.717) is 0 Å². The third-order valence-corrected chi connectivity index (χ3v) is 3.81. The Morgan fingerprint density at radius 3 is 2.95 bits per heavy atom. The van der Waals surface area contributed by atoms with Crippen molar-refractivity contribution in [1.29, 1.82) is 0 Å². The largest absolute Gasteiger partial charge is 0.487 e. The first kappa shape index (κ1) is 14.1. The van der Waals surface area contributed by atoms with Crippen LogP contribution in [0.1, 0.15) is 30.5 Å². The van der Waals surface area contributed by atoms with Crippen molar-refractivity contribution in [2.45, 2.75) is 38.8 Å². The zero-order valence-corrected chi connectivity index (χ0v) is 13.0. The maximum atomic E-state index is 5.91. The molecule has 2 heterocycles. The Morgan fingerprint density at radius 1 is 1.33 bits per heavy atom. The molecule has 1 aromatic heterocycles. The predicted octanol–water partition coefficient (Wildman–Crippen LogP) is 2.47. The van der Waals surface area contributed by atoms with Crippen LogP contribution in [-0.4, -0.2) is 21.9 Å². The lowest BCUT2D eigenvalue weighted by molar-refractivity contribution is 0.138. The van der Waals surface area contributed by atoms with Gasteiger partial charge in [-0.25, -0.2) is 0 Å². The maximum Gasteiger partial charge on any atom is 0.123 e. The van der Waals surface area contributed by atoms with Gasteiger partial charge >= 0.3 is 0 Å². The van der Waals surface area contributed by atoms with E-state index < -0.39 is 0 Å². The Balaban J connectivity index is 1.50. The summed E-state index contributed by atoms with van der Waals surface area (Å²) >= 11 is 0. The van der Waals surface area contributed by atoms with Gasteiger partial charge in [-0.15, -0.1) is 0 Å². The van der Waals surface area contributed by atoms with Crippen LogP contribution < -0.4 is 10.1 Å². The van der Waals surface area contributed by atoms with E-state index in [-0.39, 0.29) is 5.60 Å². The zero-order valence-electron chi connectivity index (χ0n) is 13.0. The summed E-state index contributed by atoms with van der Waals surface area (Å²) in [4.78, 5) is 0. The van der Waals surface area contributed by atoms with Crippen LogP contribution >= 0.6 is 0 Å². The van der Waals surface area contributed by atoms with Crippen molar-refractivity contribution in [3.63, 3.8) is 0 Å². The first-order valence-electron chi connectivity index (χ1n) is 7.51. The molecule has 4 heteroatoms. The Bertz CT molecular complexity index is 631. The molecule has 0 spiro atoms. The van der Waals surface area contributed by atoms with Gasteiger partial charge in [0, 0.05) is 26.2 Å². The number of nitrogens with zero attached hydrogens (tertiary/aromatic N) is 2. The van der Waals surface area contributed by atoms with Gasteiger partial charge in [0.25, 0.3) is 0 Å². The lowest BCUT2D eigenvalue weighted by Gasteiger charge is -2.16. The molecule has 0 aliphatic carbocycles. The average Bonchev–Trinajstić information content (AvgIpc) is 2.95. The highest BCUT2D eigenvalue weighted by atomic mass is 16.5.